The monoisotopic (exact) mass is 251 g/mol. The molecule has 0 spiro atoms. The summed E-state index contributed by atoms with van der Waals surface area (Å²) >= 11 is 1.92. The third kappa shape index (κ3) is 3.56. The first-order valence-electron chi connectivity index (χ1n) is 6.98. The molecule has 96 valence electrons. The Morgan fingerprint density at radius 3 is 2.82 bits per heavy atom. The lowest BCUT2D eigenvalue weighted by Gasteiger charge is -2.29. The highest BCUT2D eigenvalue weighted by atomic mass is 32.1. The predicted molar refractivity (Wildman–Crippen MR) is 76.7 cm³/mol. The Labute approximate surface area is 110 Å². The molecule has 1 aromatic rings. The second-order valence-corrected chi connectivity index (χ2v) is 6.92. The van der Waals surface area contributed by atoms with E-state index in [4.69, 9.17) is 0 Å². The molecular formula is C15H25NS. The van der Waals surface area contributed by atoms with E-state index < -0.39 is 0 Å². The third-order valence-electron chi connectivity index (χ3n) is 4.09. The molecule has 0 radical (unpaired) electrons. The van der Waals surface area contributed by atoms with Crippen LogP contribution < -0.4 is 5.32 Å². The van der Waals surface area contributed by atoms with Gasteiger partial charge in [0.15, 0.2) is 0 Å². The molecule has 1 nitrogen and oxygen atoms in total. The lowest BCUT2D eigenvalue weighted by atomic mass is 9.84. The van der Waals surface area contributed by atoms with E-state index in [-0.39, 0.29) is 0 Å². The largest absolute Gasteiger partial charge is 0.310 e. The van der Waals surface area contributed by atoms with Gasteiger partial charge in [0.25, 0.3) is 0 Å². The van der Waals surface area contributed by atoms with Crippen LogP contribution in [0.25, 0.3) is 0 Å². The topological polar surface area (TPSA) is 12.0 Å². The summed E-state index contributed by atoms with van der Waals surface area (Å²) in [6, 6.07) is 3.10. The van der Waals surface area contributed by atoms with Gasteiger partial charge < -0.3 is 5.32 Å². The highest BCUT2D eigenvalue weighted by Gasteiger charge is 2.20. The molecule has 1 saturated carbocycles. The van der Waals surface area contributed by atoms with Crippen molar-refractivity contribution in [3.05, 3.63) is 21.4 Å². The van der Waals surface area contributed by atoms with E-state index >= 15 is 0 Å². The normalized spacial score (nSPS) is 25.1. The van der Waals surface area contributed by atoms with Gasteiger partial charge in [0.2, 0.25) is 0 Å². The number of hydrogen-bond donors (Lipinski definition) is 1. The van der Waals surface area contributed by atoms with Gasteiger partial charge in [0, 0.05) is 22.3 Å². The molecule has 1 heterocycles. The molecule has 2 atom stereocenters. The Morgan fingerprint density at radius 2 is 2.18 bits per heavy atom. The molecule has 17 heavy (non-hydrogen) atoms. The predicted octanol–water partition coefficient (Wildman–Crippen LogP) is 4.42. The highest BCUT2D eigenvalue weighted by Crippen LogP contribution is 2.27. The lowest BCUT2D eigenvalue weighted by Crippen LogP contribution is -2.33. The van der Waals surface area contributed by atoms with Crippen LogP contribution in [0.1, 0.15) is 54.3 Å². The lowest BCUT2D eigenvalue weighted by molar-refractivity contribution is 0.278. The maximum Gasteiger partial charge on any atom is 0.0219 e. The van der Waals surface area contributed by atoms with Gasteiger partial charge in [0.05, 0.1) is 0 Å². The van der Waals surface area contributed by atoms with Gasteiger partial charge in [-0.05, 0) is 44.2 Å². The maximum atomic E-state index is 3.76. The van der Waals surface area contributed by atoms with Crippen LogP contribution in [0.5, 0.6) is 0 Å². The molecule has 0 aromatic carbocycles. The van der Waals surface area contributed by atoms with Gasteiger partial charge in [0.1, 0.15) is 0 Å². The molecule has 2 unspecified atom stereocenters. The first-order valence-corrected chi connectivity index (χ1v) is 7.80. The fraction of sp³-hybridized carbons (Fsp3) is 0.733. The van der Waals surface area contributed by atoms with Crippen LogP contribution in [-0.4, -0.2) is 6.04 Å². The zero-order chi connectivity index (χ0) is 12.3. The summed E-state index contributed by atoms with van der Waals surface area (Å²) in [4.78, 5) is 2.92. The van der Waals surface area contributed by atoms with Crippen LogP contribution in [0.15, 0.2) is 6.07 Å². The molecule has 1 N–H and O–H groups in total. The molecule has 2 rings (SSSR count). The summed E-state index contributed by atoms with van der Waals surface area (Å²) in [5, 5.41) is 3.76. The van der Waals surface area contributed by atoms with E-state index in [2.05, 4.69) is 32.2 Å². The summed E-state index contributed by atoms with van der Waals surface area (Å²) < 4.78 is 0. The minimum atomic E-state index is 0.758. The minimum absolute atomic E-state index is 0.758. The van der Waals surface area contributed by atoms with Gasteiger partial charge in [-0.2, -0.15) is 0 Å². The van der Waals surface area contributed by atoms with Crippen molar-refractivity contribution in [2.75, 3.05) is 0 Å². The van der Waals surface area contributed by atoms with E-state index in [0.717, 1.165) is 18.5 Å². The first kappa shape index (κ1) is 13.1. The number of nitrogens with one attached hydrogen (secondary N) is 1. The van der Waals surface area contributed by atoms with Crippen molar-refractivity contribution in [2.45, 2.75) is 65.5 Å². The first-order chi connectivity index (χ1) is 8.19. The minimum Gasteiger partial charge on any atom is -0.310 e. The summed E-state index contributed by atoms with van der Waals surface area (Å²) in [6.45, 7) is 7.84. The van der Waals surface area contributed by atoms with Gasteiger partial charge >= 0.3 is 0 Å². The van der Waals surface area contributed by atoms with Crippen LogP contribution in [0.4, 0.5) is 0 Å². The zero-order valence-corrected chi connectivity index (χ0v) is 12.2. The fourth-order valence-electron chi connectivity index (χ4n) is 2.96. The molecule has 0 amide bonds. The van der Waals surface area contributed by atoms with Crippen molar-refractivity contribution in [1.29, 1.82) is 0 Å². The smallest absolute Gasteiger partial charge is 0.0219 e. The molecule has 1 aliphatic carbocycles. The van der Waals surface area contributed by atoms with E-state index in [1.807, 2.05) is 11.3 Å². The van der Waals surface area contributed by atoms with Gasteiger partial charge in [-0.15, -0.1) is 11.3 Å². The average Bonchev–Trinajstić information content (AvgIpc) is 2.65. The maximum absolute atomic E-state index is 3.76. The van der Waals surface area contributed by atoms with Crippen molar-refractivity contribution in [3.63, 3.8) is 0 Å². The Balaban J connectivity index is 1.83. The molecule has 2 heteroatoms. The van der Waals surface area contributed by atoms with Crippen molar-refractivity contribution in [2.24, 2.45) is 5.92 Å². The van der Waals surface area contributed by atoms with Crippen LogP contribution >= 0.6 is 11.3 Å². The van der Waals surface area contributed by atoms with Crippen LogP contribution in [0.3, 0.4) is 0 Å². The van der Waals surface area contributed by atoms with Gasteiger partial charge in [-0.3, -0.25) is 0 Å². The second-order valence-electron chi connectivity index (χ2n) is 5.46. The fourth-order valence-corrected chi connectivity index (χ4v) is 3.91. The zero-order valence-electron chi connectivity index (χ0n) is 11.4. The van der Waals surface area contributed by atoms with Crippen LogP contribution in [0, 0.1) is 19.8 Å². The summed E-state index contributed by atoms with van der Waals surface area (Å²) in [5.41, 5.74) is 1.51. The number of thiophene rings is 1. The molecule has 1 aliphatic rings. The average molecular weight is 251 g/mol. The number of aryl methyl sites for hydroxylation is 2. The van der Waals surface area contributed by atoms with Crippen LogP contribution in [0.2, 0.25) is 0 Å². The van der Waals surface area contributed by atoms with Crippen LogP contribution in [-0.2, 0) is 6.54 Å². The van der Waals surface area contributed by atoms with E-state index in [9.17, 15) is 0 Å². The van der Waals surface area contributed by atoms with E-state index in [1.54, 1.807) is 0 Å². The van der Waals surface area contributed by atoms with Gasteiger partial charge in [-0.1, -0.05) is 26.2 Å². The van der Waals surface area contributed by atoms with Gasteiger partial charge in [-0.25, -0.2) is 0 Å². The van der Waals surface area contributed by atoms with Crippen molar-refractivity contribution < 1.29 is 0 Å². The molecule has 0 saturated heterocycles. The highest BCUT2D eigenvalue weighted by molar-refractivity contribution is 7.12. The molecule has 1 fully saturated rings. The standard InChI is InChI=1S/C15H25NS/c1-4-13-6-5-7-15(9-13)16-10-14-8-11(2)17-12(14)3/h8,13,15-16H,4-7,9-10H2,1-3H3. The van der Waals surface area contributed by atoms with Crippen molar-refractivity contribution in [1.82, 2.24) is 5.32 Å². The molecule has 0 bridgehead atoms. The molecule has 0 aliphatic heterocycles. The Hall–Kier alpha value is -0.340. The Morgan fingerprint density at radius 1 is 1.35 bits per heavy atom. The quantitative estimate of drug-likeness (QED) is 0.835. The summed E-state index contributed by atoms with van der Waals surface area (Å²) in [7, 11) is 0. The Kier molecular flexibility index (Phi) is 4.63. The summed E-state index contributed by atoms with van der Waals surface area (Å²) in [5.74, 6) is 0.964. The van der Waals surface area contributed by atoms with E-state index in [0.29, 0.717) is 0 Å². The van der Waals surface area contributed by atoms with Crippen molar-refractivity contribution >= 4 is 11.3 Å². The second kappa shape index (κ2) is 6.01. The number of rotatable bonds is 4. The third-order valence-corrected chi connectivity index (χ3v) is 5.09. The SMILES string of the molecule is CCC1CCCC(NCc2cc(C)sc2C)C1. The summed E-state index contributed by atoms with van der Waals surface area (Å²) in [6.07, 6.45) is 6.98. The van der Waals surface area contributed by atoms with E-state index in [1.165, 1.54) is 47.4 Å². The molecule has 1 aromatic heterocycles. The number of hydrogen-bond acceptors (Lipinski definition) is 2. The van der Waals surface area contributed by atoms with Crippen molar-refractivity contribution in [3.8, 4) is 0 Å². The Bertz CT molecular complexity index is 356. The molecular weight excluding hydrogens is 226 g/mol.